The Kier molecular flexibility index (Phi) is 3.33. The molecule has 3 N–H and O–H groups in total. The lowest BCUT2D eigenvalue weighted by Gasteiger charge is -2.21. The fourth-order valence-electron chi connectivity index (χ4n) is 1.04. The lowest BCUT2D eigenvalue weighted by molar-refractivity contribution is 0.121. The monoisotopic (exact) mass is 181 g/mol. The summed E-state index contributed by atoms with van der Waals surface area (Å²) in [6.45, 7) is 3.93. The first-order valence-corrected chi connectivity index (χ1v) is 4.32. The minimum atomic E-state index is -0.706. The van der Waals surface area contributed by atoms with Gasteiger partial charge in [-0.05, 0) is 12.0 Å². The molecule has 4 heteroatoms. The highest BCUT2D eigenvalue weighted by atomic mass is 16.3. The third-order valence-corrected chi connectivity index (χ3v) is 2.04. The molecule has 1 aromatic heterocycles. The first-order chi connectivity index (χ1) is 6.13. The first-order valence-electron chi connectivity index (χ1n) is 4.32. The van der Waals surface area contributed by atoms with E-state index in [1.54, 1.807) is 12.3 Å². The Balaban J connectivity index is 2.73. The molecule has 0 radical (unpaired) electrons. The third kappa shape index (κ3) is 2.47. The van der Waals surface area contributed by atoms with Crippen LogP contribution in [0, 0.1) is 5.92 Å². The molecular weight excluding hydrogens is 166 g/mol. The van der Waals surface area contributed by atoms with Crippen LogP contribution in [0.3, 0.4) is 0 Å². The molecule has 0 fully saturated rings. The van der Waals surface area contributed by atoms with Crippen molar-refractivity contribution in [1.82, 2.24) is 9.97 Å². The Morgan fingerprint density at radius 3 is 2.62 bits per heavy atom. The van der Waals surface area contributed by atoms with Gasteiger partial charge in [-0.1, -0.05) is 13.8 Å². The van der Waals surface area contributed by atoms with Crippen molar-refractivity contribution in [2.24, 2.45) is 11.7 Å². The van der Waals surface area contributed by atoms with Crippen LogP contribution >= 0.6 is 0 Å². The number of aliphatic hydroxyl groups excluding tert-OH is 1. The number of hydrogen-bond acceptors (Lipinski definition) is 4. The average molecular weight is 181 g/mol. The van der Waals surface area contributed by atoms with Gasteiger partial charge in [0.2, 0.25) is 0 Å². The third-order valence-electron chi connectivity index (χ3n) is 2.04. The molecule has 0 aliphatic rings. The number of nitrogens with zero attached hydrogens (tertiary/aromatic N) is 2. The molecule has 2 unspecified atom stereocenters. The van der Waals surface area contributed by atoms with Crippen molar-refractivity contribution in [2.75, 3.05) is 0 Å². The van der Waals surface area contributed by atoms with Gasteiger partial charge >= 0.3 is 0 Å². The normalized spacial score (nSPS) is 15.8. The van der Waals surface area contributed by atoms with Crippen LogP contribution in [0.1, 0.15) is 25.6 Å². The second-order valence-electron chi connectivity index (χ2n) is 3.40. The Hall–Kier alpha value is -1.00. The summed E-state index contributed by atoms with van der Waals surface area (Å²) in [6.07, 6.45) is 2.30. The van der Waals surface area contributed by atoms with Crippen molar-refractivity contribution in [1.29, 1.82) is 0 Å². The minimum Gasteiger partial charge on any atom is -0.385 e. The standard InChI is InChI=1S/C9H15N3O/c1-6(2)8(10)9(13)7-3-4-11-5-12-7/h3-6,8-9,13H,10H2,1-2H3. The molecule has 0 amide bonds. The summed E-state index contributed by atoms with van der Waals surface area (Å²) in [6, 6.07) is 1.39. The summed E-state index contributed by atoms with van der Waals surface area (Å²) < 4.78 is 0. The first kappa shape index (κ1) is 10.1. The van der Waals surface area contributed by atoms with Gasteiger partial charge < -0.3 is 10.8 Å². The van der Waals surface area contributed by atoms with Crippen molar-refractivity contribution in [3.63, 3.8) is 0 Å². The van der Waals surface area contributed by atoms with Crippen LogP contribution in [-0.4, -0.2) is 21.1 Å². The summed E-state index contributed by atoms with van der Waals surface area (Å²) in [7, 11) is 0. The van der Waals surface area contributed by atoms with Crippen molar-refractivity contribution in [2.45, 2.75) is 26.0 Å². The van der Waals surface area contributed by atoms with Crippen LogP contribution in [0.5, 0.6) is 0 Å². The van der Waals surface area contributed by atoms with Crippen LogP contribution in [0.25, 0.3) is 0 Å². The zero-order chi connectivity index (χ0) is 9.84. The maximum atomic E-state index is 9.74. The Morgan fingerprint density at radius 1 is 1.46 bits per heavy atom. The van der Waals surface area contributed by atoms with E-state index in [1.165, 1.54) is 6.33 Å². The summed E-state index contributed by atoms with van der Waals surface area (Å²) in [5.41, 5.74) is 6.36. The van der Waals surface area contributed by atoms with Crippen molar-refractivity contribution in [3.8, 4) is 0 Å². The van der Waals surface area contributed by atoms with E-state index >= 15 is 0 Å². The van der Waals surface area contributed by atoms with Gasteiger partial charge in [0.05, 0.1) is 5.69 Å². The highest BCUT2D eigenvalue weighted by Crippen LogP contribution is 2.17. The smallest absolute Gasteiger partial charge is 0.115 e. The SMILES string of the molecule is CC(C)C(N)C(O)c1ccncn1. The Morgan fingerprint density at radius 2 is 2.15 bits per heavy atom. The fourth-order valence-corrected chi connectivity index (χ4v) is 1.04. The molecule has 0 spiro atoms. The van der Waals surface area contributed by atoms with E-state index in [1.807, 2.05) is 13.8 Å². The number of hydrogen-bond donors (Lipinski definition) is 2. The number of rotatable bonds is 3. The molecule has 1 heterocycles. The molecule has 0 aliphatic heterocycles. The highest BCUT2D eigenvalue weighted by molar-refractivity contribution is 5.04. The largest absolute Gasteiger partial charge is 0.385 e. The molecule has 13 heavy (non-hydrogen) atoms. The van der Waals surface area contributed by atoms with Crippen LogP contribution < -0.4 is 5.73 Å². The number of nitrogens with two attached hydrogens (primary N) is 1. The number of aromatic nitrogens is 2. The topological polar surface area (TPSA) is 72.0 Å². The summed E-state index contributed by atoms with van der Waals surface area (Å²) in [4.78, 5) is 7.71. The maximum Gasteiger partial charge on any atom is 0.115 e. The fraction of sp³-hybridized carbons (Fsp3) is 0.556. The molecule has 0 saturated carbocycles. The molecular formula is C9H15N3O. The Bertz CT molecular complexity index is 250. The molecule has 0 saturated heterocycles. The van der Waals surface area contributed by atoms with Gasteiger partial charge in [0.1, 0.15) is 12.4 Å². The van der Waals surface area contributed by atoms with E-state index in [2.05, 4.69) is 9.97 Å². The van der Waals surface area contributed by atoms with E-state index in [-0.39, 0.29) is 12.0 Å². The average Bonchev–Trinajstić information content (AvgIpc) is 2.17. The predicted molar refractivity (Wildman–Crippen MR) is 49.8 cm³/mol. The second-order valence-corrected chi connectivity index (χ2v) is 3.40. The summed E-state index contributed by atoms with van der Waals surface area (Å²) >= 11 is 0. The zero-order valence-electron chi connectivity index (χ0n) is 7.88. The van der Waals surface area contributed by atoms with Gasteiger partial charge in [0, 0.05) is 12.2 Å². The predicted octanol–water partition coefficient (Wildman–Crippen LogP) is 0.493. The van der Waals surface area contributed by atoms with E-state index in [9.17, 15) is 5.11 Å². The number of aliphatic hydroxyl groups is 1. The lowest BCUT2D eigenvalue weighted by atomic mass is 9.97. The van der Waals surface area contributed by atoms with E-state index in [4.69, 9.17) is 5.73 Å². The highest BCUT2D eigenvalue weighted by Gasteiger charge is 2.20. The van der Waals surface area contributed by atoms with Crippen LogP contribution in [-0.2, 0) is 0 Å². The molecule has 1 aromatic rings. The second kappa shape index (κ2) is 4.30. The van der Waals surface area contributed by atoms with E-state index < -0.39 is 6.10 Å². The molecule has 0 aliphatic carbocycles. The summed E-state index contributed by atoms with van der Waals surface area (Å²) in [5.74, 6) is 0.227. The van der Waals surface area contributed by atoms with Gasteiger partial charge in [-0.3, -0.25) is 0 Å². The van der Waals surface area contributed by atoms with Gasteiger partial charge in [-0.2, -0.15) is 0 Å². The molecule has 2 atom stereocenters. The molecule has 4 nitrogen and oxygen atoms in total. The van der Waals surface area contributed by atoms with Crippen molar-refractivity contribution < 1.29 is 5.11 Å². The van der Waals surface area contributed by atoms with Crippen molar-refractivity contribution in [3.05, 3.63) is 24.3 Å². The molecule has 72 valence electrons. The Labute approximate surface area is 77.8 Å². The molecule has 0 aromatic carbocycles. The van der Waals surface area contributed by atoms with Gasteiger partial charge in [-0.25, -0.2) is 9.97 Å². The molecule has 1 rings (SSSR count). The maximum absolute atomic E-state index is 9.74. The molecule has 0 bridgehead atoms. The lowest BCUT2D eigenvalue weighted by Crippen LogP contribution is -2.33. The van der Waals surface area contributed by atoms with Crippen molar-refractivity contribution >= 4 is 0 Å². The van der Waals surface area contributed by atoms with E-state index in [0.717, 1.165) is 0 Å². The quantitative estimate of drug-likeness (QED) is 0.712. The van der Waals surface area contributed by atoms with Crippen LogP contribution in [0.2, 0.25) is 0 Å². The zero-order valence-corrected chi connectivity index (χ0v) is 7.88. The van der Waals surface area contributed by atoms with Crippen LogP contribution in [0.15, 0.2) is 18.6 Å². The van der Waals surface area contributed by atoms with Crippen LogP contribution in [0.4, 0.5) is 0 Å². The summed E-state index contributed by atoms with van der Waals surface area (Å²) in [5, 5.41) is 9.74. The van der Waals surface area contributed by atoms with Gasteiger partial charge in [-0.15, -0.1) is 0 Å². The minimum absolute atomic E-state index is 0.227. The van der Waals surface area contributed by atoms with E-state index in [0.29, 0.717) is 5.69 Å². The van der Waals surface area contributed by atoms with Gasteiger partial charge in [0.25, 0.3) is 0 Å². The van der Waals surface area contributed by atoms with Gasteiger partial charge in [0.15, 0.2) is 0 Å².